The van der Waals surface area contributed by atoms with Crippen molar-refractivity contribution in [3.63, 3.8) is 0 Å². The van der Waals surface area contributed by atoms with Crippen molar-refractivity contribution in [1.82, 2.24) is 14.9 Å². The summed E-state index contributed by atoms with van der Waals surface area (Å²) < 4.78 is 0. The second-order valence-corrected chi connectivity index (χ2v) is 13.6. The molecule has 3 aromatic carbocycles. The van der Waals surface area contributed by atoms with E-state index in [0.717, 1.165) is 39.0 Å². The third kappa shape index (κ3) is 7.08. The molecule has 4 heteroatoms. The number of hydrogen-bond donors (Lipinski definition) is 0. The summed E-state index contributed by atoms with van der Waals surface area (Å²) in [5.41, 5.74) is 18.1. The molecule has 2 aromatic heterocycles. The Morgan fingerprint density at radius 2 is 1.07 bits per heavy atom. The van der Waals surface area contributed by atoms with Crippen molar-refractivity contribution in [2.45, 2.75) is 80.4 Å². The van der Waals surface area contributed by atoms with Gasteiger partial charge < -0.3 is 4.90 Å². The maximum Gasteiger partial charge on any atom is 0.0448 e. The molecule has 1 aliphatic rings. The van der Waals surface area contributed by atoms with Crippen LogP contribution in [0.25, 0.3) is 22.3 Å². The summed E-state index contributed by atoms with van der Waals surface area (Å²) >= 11 is 0. The quantitative estimate of drug-likeness (QED) is 0.176. The van der Waals surface area contributed by atoms with E-state index in [0.29, 0.717) is 6.04 Å². The smallest absolute Gasteiger partial charge is 0.0448 e. The summed E-state index contributed by atoms with van der Waals surface area (Å²) in [6.07, 6.45) is 10.3. The number of aromatic nitrogens is 2. The summed E-state index contributed by atoms with van der Waals surface area (Å²) in [7, 11) is 0. The van der Waals surface area contributed by atoms with Gasteiger partial charge in [-0.3, -0.25) is 14.9 Å². The Morgan fingerprint density at radius 3 is 1.59 bits per heavy atom. The van der Waals surface area contributed by atoms with Crippen LogP contribution in [0.15, 0.2) is 85.5 Å². The summed E-state index contributed by atoms with van der Waals surface area (Å²) in [5.74, 6) is 0. The third-order valence-corrected chi connectivity index (χ3v) is 10.2. The average molecular weight is 609 g/mol. The molecule has 1 saturated heterocycles. The van der Waals surface area contributed by atoms with Crippen molar-refractivity contribution in [2.75, 3.05) is 18.0 Å². The van der Waals surface area contributed by atoms with Crippen LogP contribution >= 0.6 is 0 Å². The molecule has 236 valence electrons. The molecule has 0 unspecified atom stereocenters. The van der Waals surface area contributed by atoms with Crippen LogP contribution in [0.4, 0.5) is 5.69 Å². The number of piperidine rings is 1. The number of nitrogens with zero attached hydrogens (tertiary/aromatic N) is 4. The van der Waals surface area contributed by atoms with Crippen LogP contribution < -0.4 is 4.90 Å². The van der Waals surface area contributed by atoms with Gasteiger partial charge in [0.15, 0.2) is 0 Å². The van der Waals surface area contributed by atoms with Gasteiger partial charge in [0.2, 0.25) is 0 Å². The Balaban J connectivity index is 1.17. The van der Waals surface area contributed by atoms with E-state index >= 15 is 0 Å². The first-order valence-electron chi connectivity index (χ1n) is 16.7. The zero-order valence-corrected chi connectivity index (χ0v) is 28.7. The van der Waals surface area contributed by atoms with Crippen LogP contribution in [-0.2, 0) is 13.1 Å². The number of pyridine rings is 2. The number of anilines is 1. The fourth-order valence-corrected chi connectivity index (χ4v) is 6.88. The zero-order valence-electron chi connectivity index (χ0n) is 28.7. The highest BCUT2D eigenvalue weighted by Gasteiger charge is 2.26. The minimum atomic E-state index is 0.467. The lowest BCUT2D eigenvalue weighted by molar-refractivity contribution is 0.200. The highest BCUT2D eigenvalue weighted by atomic mass is 15.2. The highest BCUT2D eigenvalue weighted by molar-refractivity contribution is 5.67. The van der Waals surface area contributed by atoms with Crippen molar-refractivity contribution < 1.29 is 0 Å². The third-order valence-electron chi connectivity index (χ3n) is 10.2. The van der Waals surface area contributed by atoms with Crippen LogP contribution in [0.2, 0.25) is 0 Å². The van der Waals surface area contributed by atoms with Gasteiger partial charge in [-0.1, -0.05) is 42.0 Å². The van der Waals surface area contributed by atoms with E-state index in [4.69, 9.17) is 4.98 Å². The predicted octanol–water partition coefficient (Wildman–Crippen LogP) is 9.64. The minimum Gasteiger partial charge on any atom is -0.364 e. The molecule has 1 fully saturated rings. The lowest BCUT2D eigenvalue weighted by Crippen LogP contribution is -2.44. The number of benzene rings is 3. The van der Waals surface area contributed by atoms with E-state index in [-0.39, 0.29) is 0 Å². The van der Waals surface area contributed by atoms with Crippen molar-refractivity contribution in [2.24, 2.45) is 0 Å². The van der Waals surface area contributed by atoms with E-state index in [1.807, 2.05) is 24.8 Å². The zero-order chi connectivity index (χ0) is 32.4. The molecule has 0 amide bonds. The molecular weight excluding hydrogens is 560 g/mol. The molecule has 0 atom stereocenters. The molecule has 0 spiro atoms. The van der Waals surface area contributed by atoms with E-state index in [9.17, 15) is 0 Å². The topological polar surface area (TPSA) is 32.3 Å². The number of rotatable bonds is 8. The van der Waals surface area contributed by atoms with Gasteiger partial charge in [0, 0.05) is 73.8 Å². The Kier molecular flexibility index (Phi) is 9.37. The molecule has 6 rings (SSSR count). The lowest BCUT2D eigenvalue weighted by Gasteiger charge is -2.40. The fraction of sp³-hybridized carbons (Fsp3) is 0.333. The standard InChI is InChI=1S/C42H48N4/c1-28-8-10-41(11-9-28)46(27-36-21-40(25-44-23-36)38-18-31(4)34(7)32(5)19-38)42-12-14-45(15-13-42)26-35-20-39(24-43-22-35)37-16-29(2)33(6)30(3)17-37/h8-11,16-25,42H,12-15,26-27H2,1-7H3. The first-order chi connectivity index (χ1) is 22.1. The molecule has 46 heavy (non-hydrogen) atoms. The van der Waals surface area contributed by atoms with Gasteiger partial charge in [0.25, 0.3) is 0 Å². The molecule has 3 heterocycles. The number of likely N-dealkylation sites (tertiary alicyclic amines) is 1. The number of aryl methyl sites for hydroxylation is 5. The number of hydrogen-bond acceptors (Lipinski definition) is 4. The SMILES string of the molecule is Cc1ccc(N(Cc2cncc(-c3cc(C)c(C)c(C)c3)c2)C2CCN(Cc3cncc(-c4cc(C)c(C)c(C)c4)c3)CC2)cc1. The molecule has 0 saturated carbocycles. The maximum atomic E-state index is 4.71. The van der Waals surface area contributed by atoms with Gasteiger partial charge >= 0.3 is 0 Å². The van der Waals surface area contributed by atoms with E-state index in [1.54, 1.807) is 0 Å². The van der Waals surface area contributed by atoms with E-state index < -0.39 is 0 Å². The summed E-state index contributed by atoms with van der Waals surface area (Å²) in [6.45, 7) is 19.3. The van der Waals surface area contributed by atoms with Crippen LogP contribution in [-0.4, -0.2) is 34.0 Å². The van der Waals surface area contributed by atoms with Crippen LogP contribution in [0.3, 0.4) is 0 Å². The van der Waals surface area contributed by atoms with Crippen LogP contribution in [0, 0.1) is 48.5 Å². The van der Waals surface area contributed by atoms with Gasteiger partial charge in [0.1, 0.15) is 0 Å². The molecule has 5 aromatic rings. The molecule has 1 aliphatic heterocycles. The molecular formula is C42H48N4. The van der Waals surface area contributed by atoms with Gasteiger partial charge in [-0.15, -0.1) is 0 Å². The summed E-state index contributed by atoms with van der Waals surface area (Å²) in [5, 5.41) is 0. The first-order valence-corrected chi connectivity index (χ1v) is 16.7. The van der Waals surface area contributed by atoms with Crippen molar-refractivity contribution in [1.29, 1.82) is 0 Å². The Bertz CT molecular complexity index is 1780. The fourth-order valence-electron chi connectivity index (χ4n) is 6.88. The van der Waals surface area contributed by atoms with Crippen LogP contribution in [0.5, 0.6) is 0 Å². The predicted molar refractivity (Wildman–Crippen MR) is 193 cm³/mol. The van der Waals surface area contributed by atoms with Gasteiger partial charge in [-0.05, 0) is 141 Å². The second kappa shape index (κ2) is 13.6. The van der Waals surface area contributed by atoms with E-state index in [2.05, 4.69) is 124 Å². The molecule has 4 nitrogen and oxygen atoms in total. The molecule has 0 aliphatic carbocycles. The molecule has 0 radical (unpaired) electrons. The Labute approximate surface area is 276 Å². The Morgan fingerprint density at radius 1 is 0.587 bits per heavy atom. The highest BCUT2D eigenvalue weighted by Crippen LogP contribution is 2.30. The largest absolute Gasteiger partial charge is 0.364 e. The normalized spacial score (nSPS) is 14.1. The van der Waals surface area contributed by atoms with Gasteiger partial charge in [-0.2, -0.15) is 0 Å². The van der Waals surface area contributed by atoms with Gasteiger partial charge in [-0.25, -0.2) is 0 Å². The average Bonchev–Trinajstić information content (AvgIpc) is 3.06. The second-order valence-electron chi connectivity index (χ2n) is 13.6. The molecule has 0 N–H and O–H groups in total. The maximum absolute atomic E-state index is 4.71. The van der Waals surface area contributed by atoms with Gasteiger partial charge in [0.05, 0.1) is 0 Å². The van der Waals surface area contributed by atoms with Crippen molar-refractivity contribution >= 4 is 5.69 Å². The molecule has 0 bridgehead atoms. The summed E-state index contributed by atoms with van der Waals surface area (Å²) in [4.78, 5) is 14.6. The lowest BCUT2D eigenvalue weighted by atomic mass is 9.96. The minimum absolute atomic E-state index is 0.467. The van der Waals surface area contributed by atoms with Crippen molar-refractivity contribution in [3.05, 3.63) is 136 Å². The first kappa shape index (κ1) is 31.7. The van der Waals surface area contributed by atoms with Crippen LogP contribution in [0.1, 0.15) is 62.9 Å². The Hall–Kier alpha value is -4.28. The van der Waals surface area contributed by atoms with Crippen molar-refractivity contribution in [3.8, 4) is 22.3 Å². The monoisotopic (exact) mass is 608 g/mol. The van der Waals surface area contributed by atoms with E-state index in [1.165, 1.54) is 78.0 Å². The summed E-state index contributed by atoms with van der Waals surface area (Å²) in [6, 6.07) is 23.4.